The average molecular weight is 248 g/mol. The van der Waals surface area contributed by atoms with Crippen LogP contribution in [0.15, 0.2) is 22.7 Å². The van der Waals surface area contributed by atoms with E-state index in [9.17, 15) is 9.59 Å². The Balaban J connectivity index is 2.36. The zero-order valence-corrected chi connectivity index (χ0v) is 10.0. The Morgan fingerprint density at radius 3 is 2.89 bits per heavy atom. The highest BCUT2D eigenvalue weighted by molar-refractivity contribution is 5.93. The number of benzene rings is 1. The van der Waals surface area contributed by atoms with Gasteiger partial charge in [0.05, 0.1) is 13.5 Å². The van der Waals surface area contributed by atoms with Crippen molar-refractivity contribution in [1.82, 2.24) is 5.16 Å². The van der Waals surface area contributed by atoms with Crippen molar-refractivity contribution in [3.63, 3.8) is 0 Å². The number of hydrogen-bond acceptors (Lipinski definition) is 5. The summed E-state index contributed by atoms with van der Waals surface area (Å²) in [6.07, 6.45) is 0.0347. The van der Waals surface area contributed by atoms with Crippen LogP contribution in [0.3, 0.4) is 0 Å². The van der Waals surface area contributed by atoms with Crippen LogP contribution in [0.4, 0.5) is 5.69 Å². The fourth-order valence-electron chi connectivity index (χ4n) is 1.61. The number of nitrogens with zero attached hydrogens (tertiary/aromatic N) is 1. The molecule has 1 aromatic carbocycles. The summed E-state index contributed by atoms with van der Waals surface area (Å²) >= 11 is 0. The van der Waals surface area contributed by atoms with Crippen molar-refractivity contribution in [3.8, 4) is 0 Å². The molecule has 0 bridgehead atoms. The maximum Gasteiger partial charge on any atom is 0.311 e. The van der Waals surface area contributed by atoms with E-state index >= 15 is 0 Å². The number of amides is 1. The van der Waals surface area contributed by atoms with Crippen molar-refractivity contribution in [2.75, 3.05) is 12.4 Å². The van der Waals surface area contributed by atoms with Crippen LogP contribution in [0.5, 0.6) is 0 Å². The third-order valence-electron chi connectivity index (χ3n) is 2.40. The van der Waals surface area contributed by atoms with E-state index in [1.54, 1.807) is 18.2 Å². The van der Waals surface area contributed by atoms with Gasteiger partial charge >= 0.3 is 5.97 Å². The maximum absolute atomic E-state index is 11.2. The van der Waals surface area contributed by atoms with Gasteiger partial charge in [-0.3, -0.25) is 9.59 Å². The van der Waals surface area contributed by atoms with Crippen LogP contribution < -0.4 is 5.32 Å². The molecule has 0 fully saturated rings. The molecule has 1 aromatic heterocycles. The molecule has 2 rings (SSSR count). The third-order valence-corrected chi connectivity index (χ3v) is 2.40. The molecule has 0 saturated heterocycles. The number of aromatic nitrogens is 1. The number of fused-ring (bicyclic) bond motifs is 1. The monoisotopic (exact) mass is 248 g/mol. The summed E-state index contributed by atoms with van der Waals surface area (Å²) in [5.74, 6) is -0.560. The van der Waals surface area contributed by atoms with Gasteiger partial charge in [0, 0.05) is 18.0 Å². The van der Waals surface area contributed by atoms with Crippen molar-refractivity contribution in [2.45, 2.75) is 13.3 Å². The highest BCUT2D eigenvalue weighted by Crippen LogP contribution is 2.23. The SMILES string of the molecule is COC(=O)Cc1noc2ccc(NC(C)=O)cc12. The van der Waals surface area contributed by atoms with Crippen LogP contribution in [0.25, 0.3) is 11.0 Å². The highest BCUT2D eigenvalue weighted by Gasteiger charge is 2.13. The number of esters is 1. The Morgan fingerprint density at radius 2 is 2.22 bits per heavy atom. The molecule has 0 radical (unpaired) electrons. The Bertz CT molecular complexity index is 603. The van der Waals surface area contributed by atoms with Crippen LogP contribution in [0.1, 0.15) is 12.6 Å². The van der Waals surface area contributed by atoms with Crippen molar-refractivity contribution in [3.05, 3.63) is 23.9 Å². The van der Waals surface area contributed by atoms with E-state index in [1.807, 2.05) is 0 Å². The lowest BCUT2D eigenvalue weighted by atomic mass is 10.1. The van der Waals surface area contributed by atoms with Gasteiger partial charge in [-0.05, 0) is 18.2 Å². The van der Waals surface area contributed by atoms with E-state index in [4.69, 9.17) is 4.52 Å². The second kappa shape index (κ2) is 4.87. The summed E-state index contributed by atoms with van der Waals surface area (Å²) in [5, 5.41) is 7.16. The molecule has 1 amide bonds. The Morgan fingerprint density at radius 1 is 1.44 bits per heavy atom. The van der Waals surface area contributed by atoms with E-state index in [-0.39, 0.29) is 12.3 Å². The minimum absolute atomic E-state index is 0.0347. The summed E-state index contributed by atoms with van der Waals surface area (Å²) < 4.78 is 9.66. The lowest BCUT2D eigenvalue weighted by Crippen LogP contribution is -2.06. The number of nitrogens with one attached hydrogen (secondary N) is 1. The van der Waals surface area contributed by atoms with E-state index in [0.29, 0.717) is 22.4 Å². The van der Waals surface area contributed by atoms with E-state index < -0.39 is 5.97 Å². The molecule has 94 valence electrons. The van der Waals surface area contributed by atoms with Gasteiger partial charge in [-0.15, -0.1) is 0 Å². The third kappa shape index (κ3) is 2.48. The average Bonchev–Trinajstić information content (AvgIpc) is 2.71. The first-order valence-corrected chi connectivity index (χ1v) is 5.33. The van der Waals surface area contributed by atoms with Gasteiger partial charge in [-0.2, -0.15) is 0 Å². The number of anilines is 1. The van der Waals surface area contributed by atoms with Gasteiger partial charge < -0.3 is 14.6 Å². The van der Waals surface area contributed by atoms with Gasteiger partial charge in [0.1, 0.15) is 5.69 Å². The molecular weight excluding hydrogens is 236 g/mol. The number of carbonyl (C=O) groups is 2. The lowest BCUT2D eigenvalue weighted by molar-refractivity contribution is -0.139. The van der Waals surface area contributed by atoms with Crippen molar-refractivity contribution < 1.29 is 18.8 Å². The highest BCUT2D eigenvalue weighted by atomic mass is 16.5. The normalized spacial score (nSPS) is 10.3. The van der Waals surface area contributed by atoms with Crippen LogP contribution >= 0.6 is 0 Å². The first kappa shape index (κ1) is 12.1. The molecule has 2 aromatic rings. The molecule has 0 spiro atoms. The van der Waals surface area contributed by atoms with E-state index in [1.165, 1.54) is 14.0 Å². The summed E-state index contributed by atoms with van der Waals surface area (Å²) in [7, 11) is 1.31. The lowest BCUT2D eigenvalue weighted by Gasteiger charge is -2.01. The fraction of sp³-hybridized carbons (Fsp3) is 0.250. The molecule has 0 aliphatic rings. The van der Waals surface area contributed by atoms with Crippen molar-refractivity contribution in [2.24, 2.45) is 0 Å². The number of hydrogen-bond donors (Lipinski definition) is 1. The van der Waals surface area contributed by atoms with Crippen LogP contribution in [-0.4, -0.2) is 24.1 Å². The predicted octanol–water partition coefficient (Wildman–Crippen LogP) is 1.50. The number of rotatable bonds is 3. The molecule has 0 atom stereocenters. The Hall–Kier alpha value is -2.37. The second-order valence-electron chi connectivity index (χ2n) is 3.77. The molecule has 6 heteroatoms. The topological polar surface area (TPSA) is 81.4 Å². The molecule has 0 saturated carbocycles. The van der Waals surface area contributed by atoms with Gasteiger partial charge in [0.2, 0.25) is 5.91 Å². The minimum Gasteiger partial charge on any atom is -0.469 e. The molecule has 0 unspecified atom stereocenters. The van der Waals surface area contributed by atoms with Gasteiger partial charge in [-0.1, -0.05) is 5.16 Å². The molecule has 18 heavy (non-hydrogen) atoms. The first-order valence-electron chi connectivity index (χ1n) is 5.33. The maximum atomic E-state index is 11.2. The molecule has 6 nitrogen and oxygen atoms in total. The first-order chi connectivity index (χ1) is 8.60. The van der Waals surface area contributed by atoms with Crippen LogP contribution in [0.2, 0.25) is 0 Å². The smallest absolute Gasteiger partial charge is 0.311 e. The summed E-state index contributed by atoms with van der Waals surface area (Å²) in [4.78, 5) is 22.2. The van der Waals surface area contributed by atoms with Crippen LogP contribution in [-0.2, 0) is 20.7 Å². The standard InChI is InChI=1S/C12H12N2O4/c1-7(15)13-8-3-4-11-9(5-8)10(14-18-11)6-12(16)17-2/h3-5H,6H2,1-2H3,(H,13,15). The number of methoxy groups -OCH3 is 1. The zero-order chi connectivity index (χ0) is 13.1. The molecular formula is C12H12N2O4. The van der Waals surface area contributed by atoms with Gasteiger partial charge in [0.25, 0.3) is 0 Å². The van der Waals surface area contributed by atoms with Crippen molar-refractivity contribution in [1.29, 1.82) is 0 Å². The minimum atomic E-state index is -0.393. The molecule has 1 N–H and O–H groups in total. The van der Waals surface area contributed by atoms with E-state index in [0.717, 1.165) is 0 Å². The van der Waals surface area contributed by atoms with Gasteiger partial charge in [-0.25, -0.2) is 0 Å². The Labute approximate surface area is 103 Å². The number of carbonyl (C=O) groups excluding carboxylic acids is 2. The van der Waals surface area contributed by atoms with E-state index in [2.05, 4.69) is 15.2 Å². The predicted molar refractivity (Wildman–Crippen MR) is 64.0 cm³/mol. The second-order valence-corrected chi connectivity index (χ2v) is 3.77. The molecule has 0 aliphatic carbocycles. The fourth-order valence-corrected chi connectivity index (χ4v) is 1.61. The quantitative estimate of drug-likeness (QED) is 0.832. The van der Waals surface area contributed by atoms with Crippen LogP contribution in [0, 0.1) is 0 Å². The summed E-state index contributed by atoms with van der Waals surface area (Å²) in [6.45, 7) is 1.42. The Kier molecular flexibility index (Phi) is 3.27. The molecule has 1 heterocycles. The molecule has 0 aliphatic heterocycles. The number of ether oxygens (including phenoxy) is 1. The van der Waals surface area contributed by atoms with Gasteiger partial charge in [0.15, 0.2) is 5.58 Å². The van der Waals surface area contributed by atoms with Crippen molar-refractivity contribution >= 4 is 28.5 Å². The largest absolute Gasteiger partial charge is 0.469 e. The summed E-state index contributed by atoms with van der Waals surface area (Å²) in [6, 6.07) is 5.11. The summed E-state index contributed by atoms with van der Waals surface area (Å²) in [5.41, 5.74) is 1.68. The zero-order valence-electron chi connectivity index (χ0n) is 10.0.